The smallest absolute Gasteiger partial charge is 0.137 e. The average Bonchev–Trinajstić information content (AvgIpc) is 3.55. The lowest BCUT2D eigenvalue weighted by atomic mass is 9.75. The maximum absolute atomic E-state index is 4.39. The monoisotopic (exact) mass is 452 g/mol. The summed E-state index contributed by atoms with van der Waals surface area (Å²) in [6.07, 6.45) is 15.7. The lowest BCUT2D eigenvalue weighted by Gasteiger charge is -2.44. The van der Waals surface area contributed by atoms with Crippen LogP contribution in [0.3, 0.4) is 0 Å². The molecule has 4 bridgehead atoms. The van der Waals surface area contributed by atoms with Crippen LogP contribution < -0.4 is 0 Å². The number of fused-ring (bicyclic) bond motifs is 7. The van der Waals surface area contributed by atoms with Crippen molar-refractivity contribution in [3.05, 3.63) is 66.4 Å². The lowest BCUT2D eigenvalue weighted by molar-refractivity contribution is 0.0876. The van der Waals surface area contributed by atoms with E-state index < -0.39 is 0 Å². The van der Waals surface area contributed by atoms with Crippen molar-refractivity contribution in [2.45, 2.75) is 31.6 Å². The van der Waals surface area contributed by atoms with Gasteiger partial charge >= 0.3 is 0 Å². The maximum atomic E-state index is 4.39. The van der Waals surface area contributed by atoms with Crippen molar-refractivity contribution in [2.24, 2.45) is 11.8 Å². The normalized spacial score (nSPS) is 26.1. The van der Waals surface area contributed by atoms with Gasteiger partial charge in [0.1, 0.15) is 11.3 Å². The van der Waals surface area contributed by atoms with Gasteiger partial charge in [0.05, 0.1) is 0 Å². The summed E-state index contributed by atoms with van der Waals surface area (Å²) in [4.78, 5) is 20.4. The van der Waals surface area contributed by atoms with Gasteiger partial charge < -0.3 is 19.8 Å². The lowest BCUT2D eigenvalue weighted by Crippen LogP contribution is -2.46. The molecular formula is C28H32N6. The molecule has 4 saturated heterocycles. The molecule has 0 aromatic carbocycles. The van der Waals surface area contributed by atoms with E-state index in [1.54, 1.807) is 0 Å². The number of nitrogens with one attached hydrogen (secondary N) is 2. The van der Waals surface area contributed by atoms with Gasteiger partial charge in [-0.1, -0.05) is 0 Å². The first-order valence-corrected chi connectivity index (χ1v) is 12.9. The Morgan fingerprint density at radius 3 is 2.18 bits per heavy atom. The fraction of sp³-hybridized carbons (Fsp3) is 0.429. The van der Waals surface area contributed by atoms with Crippen LogP contribution in [0.15, 0.2) is 55.3 Å². The molecule has 6 heteroatoms. The molecule has 0 amide bonds. The highest BCUT2D eigenvalue weighted by atomic mass is 15.1. The maximum Gasteiger partial charge on any atom is 0.137 e. The number of pyridine rings is 2. The van der Waals surface area contributed by atoms with E-state index in [1.807, 2.05) is 24.5 Å². The van der Waals surface area contributed by atoms with Crippen LogP contribution in [0.1, 0.15) is 42.7 Å². The minimum absolute atomic E-state index is 0.718. The fourth-order valence-corrected chi connectivity index (χ4v) is 6.73. The Morgan fingerprint density at radius 1 is 0.794 bits per heavy atom. The summed E-state index contributed by atoms with van der Waals surface area (Å²) in [6, 6.07) is 8.42. The molecule has 174 valence electrons. The third-order valence-electron chi connectivity index (χ3n) is 8.59. The Bertz CT molecular complexity index is 1330. The number of piperidine rings is 4. The Kier molecular flexibility index (Phi) is 4.93. The summed E-state index contributed by atoms with van der Waals surface area (Å²) < 4.78 is 0. The molecule has 1 atom stereocenters. The molecule has 0 aliphatic carbocycles. The molecule has 6 nitrogen and oxygen atoms in total. The van der Waals surface area contributed by atoms with Gasteiger partial charge in [-0.2, -0.15) is 0 Å². The van der Waals surface area contributed by atoms with Crippen LogP contribution in [0.2, 0.25) is 0 Å². The average molecular weight is 453 g/mol. The van der Waals surface area contributed by atoms with Crippen molar-refractivity contribution in [1.29, 1.82) is 0 Å². The van der Waals surface area contributed by atoms with Crippen molar-refractivity contribution in [2.75, 3.05) is 32.7 Å². The van der Waals surface area contributed by atoms with Gasteiger partial charge in [-0.15, -0.1) is 0 Å². The van der Waals surface area contributed by atoms with E-state index in [4.69, 9.17) is 0 Å². The Morgan fingerprint density at radius 2 is 1.50 bits per heavy atom. The van der Waals surface area contributed by atoms with Crippen LogP contribution in [0.25, 0.3) is 27.6 Å². The van der Waals surface area contributed by atoms with Crippen LogP contribution in [0.5, 0.6) is 0 Å². The summed E-state index contributed by atoms with van der Waals surface area (Å²) in [6.45, 7) is 6.32. The summed E-state index contributed by atoms with van der Waals surface area (Å²) in [5.41, 5.74) is 6.38. The minimum Gasteiger partial charge on any atom is -0.377 e. The van der Waals surface area contributed by atoms with Crippen molar-refractivity contribution >= 4 is 27.6 Å². The summed E-state index contributed by atoms with van der Waals surface area (Å²) in [5.74, 6) is 2.36. The van der Waals surface area contributed by atoms with Gasteiger partial charge in [-0.3, -0.25) is 0 Å². The topological polar surface area (TPSA) is 63.8 Å². The van der Waals surface area contributed by atoms with E-state index in [2.05, 4.69) is 60.5 Å². The van der Waals surface area contributed by atoms with Crippen molar-refractivity contribution < 1.29 is 0 Å². The van der Waals surface area contributed by atoms with Crippen LogP contribution in [0, 0.1) is 11.8 Å². The van der Waals surface area contributed by atoms with Crippen LogP contribution in [-0.4, -0.2) is 62.5 Å². The summed E-state index contributed by atoms with van der Waals surface area (Å²) >= 11 is 0. The molecule has 6 aliphatic rings. The summed E-state index contributed by atoms with van der Waals surface area (Å²) in [5, 5.41) is 2.58. The molecule has 4 aromatic rings. The first-order chi connectivity index (χ1) is 16.8. The number of hydrogen-bond donors (Lipinski definition) is 2. The molecule has 10 heterocycles. The Labute approximate surface area is 200 Å². The number of aromatic amines is 2. The first kappa shape index (κ1) is 20.3. The van der Waals surface area contributed by atoms with E-state index in [9.17, 15) is 0 Å². The van der Waals surface area contributed by atoms with E-state index >= 15 is 0 Å². The predicted molar refractivity (Wildman–Crippen MR) is 136 cm³/mol. The van der Waals surface area contributed by atoms with Crippen molar-refractivity contribution in [1.82, 2.24) is 29.7 Å². The molecule has 4 aromatic heterocycles. The first-order valence-electron chi connectivity index (χ1n) is 12.9. The minimum atomic E-state index is 0.718. The molecule has 10 rings (SSSR count). The second-order valence-corrected chi connectivity index (χ2v) is 10.4. The molecule has 0 saturated carbocycles. The zero-order valence-electron chi connectivity index (χ0n) is 19.6. The number of nitrogens with zero attached hydrogens (tertiary/aromatic N) is 4. The summed E-state index contributed by atoms with van der Waals surface area (Å²) in [7, 11) is 0. The molecule has 0 radical (unpaired) electrons. The molecule has 4 fully saturated rings. The molecule has 2 N–H and O–H groups in total. The van der Waals surface area contributed by atoms with Crippen molar-refractivity contribution in [3.63, 3.8) is 0 Å². The molecule has 34 heavy (non-hydrogen) atoms. The zero-order valence-corrected chi connectivity index (χ0v) is 19.6. The van der Waals surface area contributed by atoms with Gasteiger partial charge in [0, 0.05) is 72.9 Å². The highest BCUT2D eigenvalue weighted by molar-refractivity contribution is 5.91. The number of allylic oxidation sites excluding steroid dienone is 1. The van der Waals surface area contributed by atoms with Gasteiger partial charge in [-0.05, 0) is 86.0 Å². The number of aromatic nitrogens is 4. The highest BCUT2D eigenvalue weighted by Crippen LogP contribution is 2.41. The van der Waals surface area contributed by atoms with Gasteiger partial charge in [-0.25, -0.2) is 9.97 Å². The third-order valence-corrected chi connectivity index (χ3v) is 8.59. The SMILES string of the molecule is C1=C(c2c[nH]c3ncccc23)C2CCN1CC2.c1cnc2[nH]cc(C3CN4CCC3CC4)c2c1. The second kappa shape index (κ2) is 8.27. The zero-order chi connectivity index (χ0) is 22.5. The van der Waals surface area contributed by atoms with Gasteiger partial charge in [0.2, 0.25) is 0 Å². The number of rotatable bonds is 2. The molecule has 1 unspecified atom stereocenters. The molecule has 0 spiro atoms. The third kappa shape index (κ3) is 3.43. The predicted octanol–water partition coefficient (Wildman–Crippen LogP) is 5.00. The van der Waals surface area contributed by atoms with Gasteiger partial charge in [0.25, 0.3) is 0 Å². The highest BCUT2D eigenvalue weighted by Gasteiger charge is 2.36. The van der Waals surface area contributed by atoms with E-state index in [0.29, 0.717) is 0 Å². The van der Waals surface area contributed by atoms with Crippen LogP contribution >= 0.6 is 0 Å². The molecule has 6 aliphatic heterocycles. The number of H-pyrrole nitrogens is 2. The van der Waals surface area contributed by atoms with E-state index in [1.165, 1.54) is 85.9 Å². The quantitative estimate of drug-likeness (QED) is 0.449. The Hall–Kier alpha value is -3.12. The standard InChI is InChI=1S/C14H17N3.C14H15N3/c2*1-2-11-12(8-16-14(11)15-5-1)13-9-17-6-3-10(13)4-7-17/h1-2,5,8,10,13H,3-4,6-7,9H2,(H,15,16);1-2,5,8-10H,3-4,6-7H2,(H,15,16). The van der Waals surface area contributed by atoms with Crippen molar-refractivity contribution in [3.8, 4) is 0 Å². The Balaban J connectivity index is 0.000000118. The second-order valence-electron chi connectivity index (χ2n) is 10.4. The van der Waals surface area contributed by atoms with Crippen LogP contribution in [-0.2, 0) is 0 Å². The van der Waals surface area contributed by atoms with E-state index in [0.717, 1.165) is 29.0 Å². The largest absolute Gasteiger partial charge is 0.377 e. The van der Waals surface area contributed by atoms with Crippen LogP contribution in [0.4, 0.5) is 0 Å². The van der Waals surface area contributed by atoms with Gasteiger partial charge in [0.15, 0.2) is 0 Å². The molecular weight excluding hydrogens is 420 g/mol. The van der Waals surface area contributed by atoms with E-state index in [-0.39, 0.29) is 0 Å². The fourth-order valence-electron chi connectivity index (χ4n) is 6.73. The number of hydrogen-bond acceptors (Lipinski definition) is 4.